The summed E-state index contributed by atoms with van der Waals surface area (Å²) in [6.45, 7) is 5.90. The molecular formula is C23H31IN4O2. The standard InChI is InChI=1S/C23H30N4O2.HI/c1-14-4-5-16(15(2)12-14)8-9-25-23(24-3)26-10-11-27-21(28)19-17-6-7-18(13-17)20(19)22(27)29;/h4-7,12,17-20H,8-11,13H2,1-3H3,(H2,24,25,26);1H. The average molecular weight is 522 g/mol. The molecule has 1 aromatic carbocycles. The summed E-state index contributed by atoms with van der Waals surface area (Å²) in [6, 6.07) is 6.51. The highest BCUT2D eigenvalue weighted by Gasteiger charge is 2.58. The van der Waals surface area contributed by atoms with E-state index in [0.29, 0.717) is 19.0 Å². The smallest absolute Gasteiger partial charge is 0.233 e. The number of benzene rings is 1. The molecule has 2 fully saturated rings. The minimum atomic E-state index is -0.118. The lowest BCUT2D eigenvalue weighted by atomic mass is 9.85. The van der Waals surface area contributed by atoms with Crippen LogP contribution in [0, 0.1) is 37.5 Å². The van der Waals surface area contributed by atoms with Gasteiger partial charge >= 0.3 is 0 Å². The number of carbonyl (C=O) groups excluding carboxylic acids is 2. The summed E-state index contributed by atoms with van der Waals surface area (Å²) in [4.78, 5) is 31.1. The SMILES string of the molecule is CN=C(NCCc1ccc(C)cc1C)NCCN1C(=O)C2C3C=CC(C3)C2C1=O.I. The van der Waals surface area contributed by atoms with Gasteiger partial charge < -0.3 is 10.6 Å². The Morgan fingerprint density at radius 1 is 1.07 bits per heavy atom. The number of guanidine groups is 1. The number of imide groups is 1. The first-order valence-electron chi connectivity index (χ1n) is 10.5. The number of rotatable bonds is 6. The second-order valence-electron chi connectivity index (χ2n) is 8.43. The van der Waals surface area contributed by atoms with E-state index in [0.717, 1.165) is 19.4 Å². The van der Waals surface area contributed by atoms with Crippen LogP contribution in [-0.4, -0.2) is 49.4 Å². The minimum Gasteiger partial charge on any atom is -0.356 e. The lowest BCUT2D eigenvalue weighted by Crippen LogP contribution is -2.44. The molecule has 4 unspecified atom stereocenters. The first kappa shape index (κ1) is 22.8. The predicted molar refractivity (Wildman–Crippen MR) is 129 cm³/mol. The van der Waals surface area contributed by atoms with Gasteiger partial charge in [0.1, 0.15) is 0 Å². The van der Waals surface area contributed by atoms with Gasteiger partial charge in [-0.3, -0.25) is 19.5 Å². The van der Waals surface area contributed by atoms with E-state index in [2.05, 4.69) is 59.8 Å². The zero-order valence-corrected chi connectivity index (χ0v) is 20.2. The molecule has 1 heterocycles. The molecule has 6 nitrogen and oxygen atoms in total. The summed E-state index contributed by atoms with van der Waals surface area (Å²) >= 11 is 0. The van der Waals surface area contributed by atoms with Crippen LogP contribution in [0.1, 0.15) is 23.1 Å². The highest BCUT2D eigenvalue weighted by Crippen LogP contribution is 2.52. The maximum atomic E-state index is 12.7. The third-order valence-electron chi connectivity index (χ3n) is 6.60. The number of hydrogen-bond donors (Lipinski definition) is 2. The fourth-order valence-electron chi connectivity index (χ4n) is 5.13. The van der Waals surface area contributed by atoms with Gasteiger partial charge in [0.25, 0.3) is 0 Å². The Balaban J connectivity index is 0.00000256. The Morgan fingerprint density at radius 3 is 2.30 bits per heavy atom. The number of aryl methyl sites for hydroxylation is 2. The number of allylic oxidation sites excluding steroid dienone is 2. The van der Waals surface area contributed by atoms with Crippen molar-refractivity contribution in [2.75, 3.05) is 26.7 Å². The van der Waals surface area contributed by atoms with E-state index in [-0.39, 0.29) is 59.5 Å². The largest absolute Gasteiger partial charge is 0.356 e. The third-order valence-corrected chi connectivity index (χ3v) is 6.60. The molecule has 0 spiro atoms. The first-order valence-corrected chi connectivity index (χ1v) is 10.5. The normalized spacial score (nSPS) is 26.8. The second-order valence-corrected chi connectivity index (χ2v) is 8.43. The van der Waals surface area contributed by atoms with E-state index in [1.165, 1.54) is 21.6 Å². The van der Waals surface area contributed by atoms with Crippen LogP contribution in [0.3, 0.4) is 0 Å². The number of likely N-dealkylation sites (tertiary alicyclic amines) is 1. The molecule has 0 radical (unpaired) electrons. The lowest BCUT2D eigenvalue weighted by molar-refractivity contribution is -0.140. The summed E-state index contributed by atoms with van der Waals surface area (Å²) in [5.74, 6) is 1.00. The molecule has 1 aromatic rings. The van der Waals surface area contributed by atoms with E-state index in [4.69, 9.17) is 0 Å². The molecule has 162 valence electrons. The summed E-state index contributed by atoms with van der Waals surface area (Å²) in [5, 5.41) is 6.54. The molecule has 3 aliphatic rings. The van der Waals surface area contributed by atoms with Crippen molar-refractivity contribution in [2.24, 2.45) is 28.7 Å². The van der Waals surface area contributed by atoms with E-state index < -0.39 is 0 Å². The Kier molecular flexibility index (Phi) is 7.21. The molecule has 2 bridgehead atoms. The van der Waals surface area contributed by atoms with Crippen molar-refractivity contribution in [3.8, 4) is 0 Å². The first-order chi connectivity index (χ1) is 14.0. The highest BCUT2D eigenvalue weighted by molar-refractivity contribution is 14.0. The monoisotopic (exact) mass is 522 g/mol. The maximum absolute atomic E-state index is 12.7. The molecule has 4 atom stereocenters. The van der Waals surface area contributed by atoms with Gasteiger partial charge in [0.15, 0.2) is 5.96 Å². The van der Waals surface area contributed by atoms with Gasteiger partial charge in [-0.05, 0) is 49.7 Å². The molecular weight excluding hydrogens is 491 g/mol. The zero-order chi connectivity index (χ0) is 20.5. The highest BCUT2D eigenvalue weighted by atomic mass is 127. The molecule has 30 heavy (non-hydrogen) atoms. The fourth-order valence-corrected chi connectivity index (χ4v) is 5.13. The van der Waals surface area contributed by atoms with Gasteiger partial charge in [0, 0.05) is 26.7 Å². The quantitative estimate of drug-likeness (QED) is 0.198. The van der Waals surface area contributed by atoms with Crippen molar-refractivity contribution in [3.63, 3.8) is 0 Å². The molecule has 2 aliphatic carbocycles. The minimum absolute atomic E-state index is 0. The number of fused-ring (bicyclic) bond motifs is 5. The van der Waals surface area contributed by atoms with E-state index in [9.17, 15) is 9.59 Å². The lowest BCUT2D eigenvalue weighted by Gasteiger charge is -2.18. The Labute approximate surface area is 195 Å². The number of hydrogen-bond acceptors (Lipinski definition) is 3. The van der Waals surface area contributed by atoms with Crippen LogP contribution in [0.5, 0.6) is 0 Å². The van der Waals surface area contributed by atoms with Gasteiger partial charge in [-0.1, -0.05) is 35.9 Å². The predicted octanol–water partition coefficient (Wildman–Crippen LogP) is 2.44. The average Bonchev–Trinajstić information content (AvgIpc) is 3.37. The Morgan fingerprint density at radius 2 is 1.70 bits per heavy atom. The Bertz CT molecular complexity index is 852. The van der Waals surface area contributed by atoms with Crippen molar-refractivity contribution in [3.05, 3.63) is 47.0 Å². The number of halogens is 1. The van der Waals surface area contributed by atoms with Crippen LogP contribution in [0.2, 0.25) is 0 Å². The van der Waals surface area contributed by atoms with Crippen molar-refractivity contribution in [2.45, 2.75) is 26.7 Å². The topological polar surface area (TPSA) is 73.8 Å². The number of nitrogens with one attached hydrogen (secondary N) is 2. The van der Waals surface area contributed by atoms with Gasteiger partial charge in [0.05, 0.1) is 11.8 Å². The fraction of sp³-hybridized carbons (Fsp3) is 0.522. The third kappa shape index (κ3) is 4.26. The van der Waals surface area contributed by atoms with E-state index >= 15 is 0 Å². The summed E-state index contributed by atoms with van der Waals surface area (Å²) in [6.07, 6.45) is 6.13. The van der Waals surface area contributed by atoms with Crippen LogP contribution in [0.4, 0.5) is 0 Å². The van der Waals surface area contributed by atoms with E-state index in [1.54, 1.807) is 7.05 Å². The van der Waals surface area contributed by atoms with Gasteiger partial charge in [0.2, 0.25) is 11.8 Å². The van der Waals surface area contributed by atoms with Crippen LogP contribution >= 0.6 is 24.0 Å². The van der Waals surface area contributed by atoms with Crippen molar-refractivity contribution in [1.82, 2.24) is 15.5 Å². The summed E-state index contributed by atoms with van der Waals surface area (Å²) in [5.41, 5.74) is 3.90. The molecule has 7 heteroatoms. The van der Waals surface area contributed by atoms with Crippen molar-refractivity contribution < 1.29 is 9.59 Å². The molecule has 2 amide bonds. The van der Waals surface area contributed by atoms with Gasteiger partial charge in [-0.2, -0.15) is 0 Å². The number of carbonyl (C=O) groups is 2. The van der Waals surface area contributed by atoms with Crippen LogP contribution in [0.25, 0.3) is 0 Å². The van der Waals surface area contributed by atoms with Crippen LogP contribution in [-0.2, 0) is 16.0 Å². The summed E-state index contributed by atoms with van der Waals surface area (Å²) in [7, 11) is 1.73. The molecule has 1 saturated heterocycles. The van der Waals surface area contributed by atoms with Crippen LogP contribution in [0.15, 0.2) is 35.3 Å². The molecule has 0 aromatic heterocycles. The van der Waals surface area contributed by atoms with Gasteiger partial charge in [-0.15, -0.1) is 24.0 Å². The van der Waals surface area contributed by atoms with E-state index in [1.807, 2.05) is 0 Å². The molecule has 1 saturated carbocycles. The number of nitrogens with zero attached hydrogens (tertiary/aromatic N) is 2. The second kappa shape index (κ2) is 9.49. The molecule has 2 N–H and O–H groups in total. The zero-order valence-electron chi connectivity index (χ0n) is 17.9. The molecule has 1 aliphatic heterocycles. The summed E-state index contributed by atoms with van der Waals surface area (Å²) < 4.78 is 0. The van der Waals surface area contributed by atoms with Crippen LogP contribution < -0.4 is 10.6 Å². The van der Waals surface area contributed by atoms with Gasteiger partial charge in [-0.25, -0.2) is 0 Å². The van der Waals surface area contributed by atoms with Crippen molar-refractivity contribution in [1.29, 1.82) is 0 Å². The number of amides is 2. The Hall–Kier alpha value is -1.90. The number of aliphatic imine (C=N–C) groups is 1. The maximum Gasteiger partial charge on any atom is 0.233 e. The molecule has 4 rings (SSSR count). The van der Waals surface area contributed by atoms with Crippen molar-refractivity contribution >= 4 is 41.8 Å².